The maximum atomic E-state index is 13.8. The molecule has 2 aromatic rings. The van der Waals surface area contributed by atoms with E-state index in [-0.39, 0.29) is 23.2 Å². The van der Waals surface area contributed by atoms with Gasteiger partial charge in [-0.15, -0.1) is 0 Å². The Labute approximate surface area is 111 Å². The van der Waals surface area contributed by atoms with Crippen LogP contribution in [0.15, 0.2) is 42.6 Å². The molecule has 1 heterocycles. The highest BCUT2D eigenvalue weighted by Crippen LogP contribution is 2.19. The molecule has 1 aromatic carbocycles. The van der Waals surface area contributed by atoms with Gasteiger partial charge in [-0.25, -0.2) is 9.37 Å². The first kappa shape index (κ1) is 13.2. The number of benzene rings is 1. The predicted octanol–water partition coefficient (Wildman–Crippen LogP) is 3.60. The Balaban J connectivity index is 2.18. The van der Waals surface area contributed by atoms with Gasteiger partial charge in [-0.3, -0.25) is 4.79 Å². The van der Waals surface area contributed by atoms with Crippen LogP contribution >= 0.6 is 0 Å². The lowest BCUT2D eigenvalue weighted by atomic mass is 10.0. The van der Waals surface area contributed by atoms with Gasteiger partial charge in [0, 0.05) is 11.8 Å². The molecular weight excluding hydrogens is 243 g/mol. The summed E-state index contributed by atoms with van der Waals surface area (Å²) in [6.07, 6.45) is 1.58. The third-order valence-corrected chi connectivity index (χ3v) is 2.79. The Bertz CT molecular complexity index is 582. The molecule has 3 nitrogen and oxygen atoms in total. The van der Waals surface area contributed by atoms with E-state index in [1.54, 1.807) is 36.5 Å². The zero-order valence-electron chi connectivity index (χ0n) is 10.9. The van der Waals surface area contributed by atoms with E-state index in [9.17, 15) is 9.18 Å². The number of amides is 1. The SMILES string of the molecule is CC(C)c1ccc(C(=O)Nc2ccccn2)cc1F. The fourth-order valence-corrected chi connectivity index (χ4v) is 1.76. The first-order chi connectivity index (χ1) is 9.08. The molecule has 2 rings (SSSR count). The van der Waals surface area contributed by atoms with Crippen molar-refractivity contribution in [3.63, 3.8) is 0 Å². The van der Waals surface area contributed by atoms with E-state index in [1.165, 1.54) is 6.07 Å². The van der Waals surface area contributed by atoms with E-state index < -0.39 is 0 Å². The highest BCUT2D eigenvalue weighted by molar-refractivity contribution is 6.03. The molecule has 0 aliphatic heterocycles. The summed E-state index contributed by atoms with van der Waals surface area (Å²) in [6, 6.07) is 9.73. The van der Waals surface area contributed by atoms with Crippen molar-refractivity contribution in [2.24, 2.45) is 0 Å². The monoisotopic (exact) mass is 258 g/mol. The quantitative estimate of drug-likeness (QED) is 0.914. The lowest BCUT2D eigenvalue weighted by Gasteiger charge is -2.09. The molecule has 98 valence electrons. The first-order valence-electron chi connectivity index (χ1n) is 6.09. The second-order valence-corrected chi connectivity index (χ2v) is 4.56. The van der Waals surface area contributed by atoms with Crippen LogP contribution < -0.4 is 5.32 Å². The van der Waals surface area contributed by atoms with Crippen LogP contribution in [0.4, 0.5) is 10.2 Å². The molecule has 4 heteroatoms. The molecule has 0 saturated heterocycles. The van der Waals surface area contributed by atoms with Gasteiger partial charge in [0.05, 0.1) is 0 Å². The third kappa shape index (κ3) is 3.16. The molecule has 0 bridgehead atoms. The van der Waals surface area contributed by atoms with Crippen molar-refractivity contribution in [3.05, 3.63) is 59.5 Å². The summed E-state index contributed by atoms with van der Waals surface area (Å²) in [5, 5.41) is 2.62. The molecule has 0 aliphatic rings. The zero-order valence-corrected chi connectivity index (χ0v) is 10.9. The Morgan fingerprint density at radius 1 is 1.26 bits per heavy atom. The maximum absolute atomic E-state index is 13.8. The maximum Gasteiger partial charge on any atom is 0.256 e. The van der Waals surface area contributed by atoms with Crippen molar-refractivity contribution in [1.29, 1.82) is 0 Å². The first-order valence-corrected chi connectivity index (χ1v) is 6.09. The van der Waals surface area contributed by atoms with Crippen molar-refractivity contribution in [3.8, 4) is 0 Å². The van der Waals surface area contributed by atoms with Crippen LogP contribution in [-0.4, -0.2) is 10.9 Å². The molecule has 0 atom stereocenters. The third-order valence-electron chi connectivity index (χ3n) is 2.79. The number of pyridine rings is 1. The highest BCUT2D eigenvalue weighted by atomic mass is 19.1. The normalized spacial score (nSPS) is 10.5. The minimum absolute atomic E-state index is 0.0906. The fraction of sp³-hybridized carbons (Fsp3) is 0.200. The van der Waals surface area contributed by atoms with Crippen molar-refractivity contribution in [1.82, 2.24) is 4.98 Å². The molecule has 0 fully saturated rings. The Morgan fingerprint density at radius 2 is 2.05 bits per heavy atom. The van der Waals surface area contributed by atoms with Crippen LogP contribution in [0.25, 0.3) is 0 Å². The Hall–Kier alpha value is -2.23. The zero-order chi connectivity index (χ0) is 13.8. The second-order valence-electron chi connectivity index (χ2n) is 4.56. The number of halogens is 1. The summed E-state index contributed by atoms with van der Waals surface area (Å²) in [4.78, 5) is 15.9. The summed E-state index contributed by atoms with van der Waals surface area (Å²) in [6.45, 7) is 3.82. The lowest BCUT2D eigenvalue weighted by molar-refractivity contribution is 0.102. The summed E-state index contributed by atoms with van der Waals surface area (Å²) < 4.78 is 13.8. The van der Waals surface area contributed by atoms with Gasteiger partial charge >= 0.3 is 0 Å². The lowest BCUT2D eigenvalue weighted by Crippen LogP contribution is -2.13. The molecule has 0 unspecified atom stereocenters. The van der Waals surface area contributed by atoms with E-state index in [2.05, 4.69) is 10.3 Å². The molecule has 0 saturated carbocycles. The number of carbonyl (C=O) groups excluding carboxylic acids is 1. The molecular formula is C15H15FN2O. The van der Waals surface area contributed by atoms with Gasteiger partial charge in [-0.1, -0.05) is 26.0 Å². The second kappa shape index (κ2) is 5.61. The van der Waals surface area contributed by atoms with Gasteiger partial charge in [0.2, 0.25) is 0 Å². The molecule has 1 N–H and O–H groups in total. The fourth-order valence-electron chi connectivity index (χ4n) is 1.76. The van der Waals surface area contributed by atoms with Crippen molar-refractivity contribution >= 4 is 11.7 Å². The molecule has 0 radical (unpaired) electrons. The molecule has 0 aliphatic carbocycles. The average molecular weight is 258 g/mol. The summed E-state index contributed by atoms with van der Waals surface area (Å²) in [7, 11) is 0. The number of hydrogen-bond acceptors (Lipinski definition) is 2. The average Bonchev–Trinajstić information content (AvgIpc) is 2.39. The highest BCUT2D eigenvalue weighted by Gasteiger charge is 2.12. The van der Waals surface area contributed by atoms with Gasteiger partial charge < -0.3 is 5.32 Å². The summed E-state index contributed by atoms with van der Waals surface area (Å²) in [5.74, 6) is -0.190. The number of anilines is 1. The standard InChI is InChI=1S/C15H15FN2O/c1-10(2)12-7-6-11(9-13(12)16)15(19)18-14-5-3-4-8-17-14/h3-10H,1-2H3,(H,17,18,19). The number of aromatic nitrogens is 1. The van der Waals surface area contributed by atoms with E-state index in [0.717, 1.165) is 0 Å². The van der Waals surface area contributed by atoms with E-state index in [4.69, 9.17) is 0 Å². The van der Waals surface area contributed by atoms with Gasteiger partial charge in [-0.05, 0) is 35.7 Å². The van der Waals surface area contributed by atoms with Crippen LogP contribution in [0.1, 0.15) is 35.7 Å². The minimum Gasteiger partial charge on any atom is -0.307 e. The van der Waals surface area contributed by atoms with Crippen molar-refractivity contribution in [2.75, 3.05) is 5.32 Å². The molecule has 1 aromatic heterocycles. The number of rotatable bonds is 3. The van der Waals surface area contributed by atoms with Gasteiger partial charge in [-0.2, -0.15) is 0 Å². The topological polar surface area (TPSA) is 42.0 Å². The van der Waals surface area contributed by atoms with Crippen molar-refractivity contribution < 1.29 is 9.18 Å². The van der Waals surface area contributed by atoms with Crippen LogP contribution in [0.3, 0.4) is 0 Å². The molecule has 0 spiro atoms. The predicted molar refractivity (Wildman–Crippen MR) is 72.7 cm³/mol. The number of hydrogen-bond donors (Lipinski definition) is 1. The largest absolute Gasteiger partial charge is 0.307 e. The van der Waals surface area contributed by atoms with Crippen molar-refractivity contribution in [2.45, 2.75) is 19.8 Å². The Kier molecular flexibility index (Phi) is 3.90. The number of nitrogens with one attached hydrogen (secondary N) is 1. The van der Waals surface area contributed by atoms with E-state index >= 15 is 0 Å². The van der Waals surface area contributed by atoms with Crippen LogP contribution in [0, 0.1) is 5.82 Å². The van der Waals surface area contributed by atoms with E-state index in [1.807, 2.05) is 13.8 Å². The summed E-state index contributed by atoms with van der Waals surface area (Å²) in [5.41, 5.74) is 0.891. The number of nitrogens with zero attached hydrogens (tertiary/aromatic N) is 1. The van der Waals surface area contributed by atoms with Crippen LogP contribution in [0.5, 0.6) is 0 Å². The smallest absolute Gasteiger partial charge is 0.256 e. The molecule has 19 heavy (non-hydrogen) atoms. The van der Waals surface area contributed by atoms with Crippen LogP contribution in [-0.2, 0) is 0 Å². The van der Waals surface area contributed by atoms with Crippen LogP contribution in [0.2, 0.25) is 0 Å². The molecule has 1 amide bonds. The number of carbonyl (C=O) groups is 1. The van der Waals surface area contributed by atoms with Gasteiger partial charge in [0.15, 0.2) is 0 Å². The minimum atomic E-state index is -0.368. The van der Waals surface area contributed by atoms with E-state index in [0.29, 0.717) is 11.4 Å². The Morgan fingerprint density at radius 3 is 2.63 bits per heavy atom. The van der Waals surface area contributed by atoms with Gasteiger partial charge in [0.1, 0.15) is 11.6 Å². The summed E-state index contributed by atoms with van der Waals surface area (Å²) >= 11 is 0. The van der Waals surface area contributed by atoms with Gasteiger partial charge in [0.25, 0.3) is 5.91 Å².